The summed E-state index contributed by atoms with van der Waals surface area (Å²) in [6.45, 7) is 1.06. The number of nitrogens with two attached hydrogens (primary N) is 1. The number of benzene rings is 2. The molecule has 0 aliphatic heterocycles. The van der Waals surface area contributed by atoms with Crippen LogP contribution >= 0.6 is 0 Å². The first-order chi connectivity index (χ1) is 16.8. The lowest BCUT2D eigenvalue weighted by Gasteiger charge is -2.13. The lowest BCUT2D eigenvalue weighted by Crippen LogP contribution is -2.47. The van der Waals surface area contributed by atoms with Crippen molar-refractivity contribution in [2.75, 3.05) is 6.61 Å². The number of Topliss-reactive ketones (excluding diaryl/α,β-unsaturated/α-hetero) is 1. The van der Waals surface area contributed by atoms with Gasteiger partial charge in [0.2, 0.25) is 5.91 Å². The second-order valence-corrected chi connectivity index (χ2v) is 8.34. The zero-order valence-electron chi connectivity index (χ0n) is 18.9. The molecule has 4 rings (SSSR count). The van der Waals surface area contributed by atoms with Crippen molar-refractivity contribution in [1.82, 2.24) is 10.5 Å². The molecule has 2 atom stereocenters. The van der Waals surface area contributed by atoms with Crippen LogP contribution in [0, 0.1) is 11.7 Å². The van der Waals surface area contributed by atoms with E-state index in [4.69, 9.17) is 20.1 Å². The number of ketones is 1. The van der Waals surface area contributed by atoms with Gasteiger partial charge in [0.15, 0.2) is 17.6 Å². The number of amides is 2. The molecule has 3 aromatic rings. The largest absolute Gasteiger partial charge is 0.483 e. The Kier molecular flexibility index (Phi) is 6.92. The lowest BCUT2D eigenvalue weighted by molar-refractivity contribution is -0.120. The van der Waals surface area contributed by atoms with Gasteiger partial charge in [-0.1, -0.05) is 11.2 Å². The molecule has 1 aliphatic carbocycles. The van der Waals surface area contributed by atoms with E-state index in [0.29, 0.717) is 28.3 Å². The Bertz CT molecular complexity index is 1250. The van der Waals surface area contributed by atoms with Crippen LogP contribution in [0.1, 0.15) is 52.3 Å². The normalized spacial score (nSPS) is 14.7. The molecule has 1 unspecified atom stereocenters. The summed E-state index contributed by atoms with van der Waals surface area (Å²) in [7, 11) is 0. The minimum absolute atomic E-state index is 0.147. The number of rotatable bonds is 10. The molecule has 1 fully saturated rings. The van der Waals surface area contributed by atoms with Gasteiger partial charge in [0.1, 0.15) is 23.3 Å². The summed E-state index contributed by atoms with van der Waals surface area (Å²) in [4.78, 5) is 35.5. The molecule has 0 spiro atoms. The molecular formula is C25H24FN3O6. The number of primary amides is 1. The highest BCUT2D eigenvalue weighted by atomic mass is 19.1. The molecule has 9 nitrogen and oxygen atoms in total. The van der Waals surface area contributed by atoms with E-state index in [1.165, 1.54) is 12.1 Å². The number of hydrogen-bond acceptors (Lipinski definition) is 7. The highest BCUT2D eigenvalue weighted by molar-refractivity contribution is 5.99. The van der Waals surface area contributed by atoms with Crippen molar-refractivity contribution in [3.63, 3.8) is 0 Å². The fourth-order valence-electron chi connectivity index (χ4n) is 3.46. The fourth-order valence-corrected chi connectivity index (χ4v) is 3.46. The second kappa shape index (κ2) is 10.1. The van der Waals surface area contributed by atoms with Gasteiger partial charge in [-0.2, -0.15) is 0 Å². The Morgan fingerprint density at radius 2 is 1.91 bits per heavy atom. The molecular weight excluding hydrogens is 457 g/mol. The molecule has 2 amide bonds. The fraction of sp³-hybridized carbons (Fsp3) is 0.280. The van der Waals surface area contributed by atoms with Gasteiger partial charge in [0.05, 0.1) is 12.2 Å². The van der Waals surface area contributed by atoms with Crippen molar-refractivity contribution in [3.8, 4) is 17.0 Å². The number of nitrogens with zero attached hydrogens (tertiary/aromatic N) is 1. The van der Waals surface area contributed by atoms with Crippen LogP contribution in [0.15, 0.2) is 53.1 Å². The smallest absolute Gasteiger partial charge is 0.254 e. The first-order valence-corrected chi connectivity index (χ1v) is 11.0. The minimum Gasteiger partial charge on any atom is -0.483 e. The van der Waals surface area contributed by atoms with Crippen LogP contribution in [0.2, 0.25) is 0 Å². The third kappa shape index (κ3) is 5.55. The maximum atomic E-state index is 14.6. The van der Waals surface area contributed by atoms with Crippen LogP contribution in [-0.2, 0) is 4.79 Å². The Morgan fingerprint density at radius 3 is 2.51 bits per heavy atom. The van der Waals surface area contributed by atoms with Gasteiger partial charge >= 0.3 is 0 Å². The summed E-state index contributed by atoms with van der Waals surface area (Å²) >= 11 is 0. The molecule has 0 saturated heterocycles. The molecule has 1 aliphatic rings. The van der Waals surface area contributed by atoms with Crippen LogP contribution < -0.4 is 15.8 Å². The number of carbonyl (C=O) groups is 3. The van der Waals surface area contributed by atoms with Gasteiger partial charge in [0.25, 0.3) is 5.91 Å². The molecule has 10 heteroatoms. The molecule has 0 bridgehead atoms. The van der Waals surface area contributed by atoms with Crippen molar-refractivity contribution in [2.45, 2.75) is 31.9 Å². The summed E-state index contributed by atoms with van der Waals surface area (Å²) in [5.41, 5.74) is 6.10. The third-order valence-corrected chi connectivity index (χ3v) is 5.67. The summed E-state index contributed by atoms with van der Waals surface area (Å²) in [5, 5.41) is 15.2. The molecule has 1 saturated carbocycles. The number of halogens is 1. The number of aliphatic hydroxyl groups excluding tert-OH is 1. The standard InChI is InChI=1S/C25H24FN3O6/c1-13(34-17-7-4-15(5-8-17)23(31)14-2-3-14)22-11-20(29-35-22)16-6-9-18(19(26)10-16)25(33)28-21(12-30)24(27)32/h4-11,13-14,21,30H,2-3,12H2,1H3,(H2,27,32)(H,28,33)/t13?,21-/m0/s1. The average Bonchev–Trinajstić information content (AvgIpc) is 3.57. The summed E-state index contributed by atoms with van der Waals surface area (Å²) in [6.07, 6.45) is 1.38. The van der Waals surface area contributed by atoms with Crippen molar-refractivity contribution in [1.29, 1.82) is 0 Å². The van der Waals surface area contributed by atoms with E-state index in [1.807, 2.05) is 0 Å². The Hall–Kier alpha value is -4.05. The van der Waals surface area contributed by atoms with Crippen LogP contribution in [-0.4, -0.2) is 40.5 Å². The molecule has 1 heterocycles. The zero-order valence-corrected chi connectivity index (χ0v) is 18.9. The molecule has 35 heavy (non-hydrogen) atoms. The van der Waals surface area contributed by atoms with Gasteiger partial charge < -0.3 is 25.4 Å². The van der Waals surface area contributed by atoms with Gasteiger partial charge in [-0.15, -0.1) is 0 Å². The summed E-state index contributed by atoms with van der Waals surface area (Å²) in [6, 6.07) is 11.0. The number of ether oxygens (including phenoxy) is 1. The van der Waals surface area contributed by atoms with E-state index < -0.39 is 36.4 Å². The molecule has 0 radical (unpaired) electrons. The SMILES string of the molecule is CC(Oc1ccc(C(=O)C2CC2)cc1)c1cc(-c2ccc(C(=O)N[C@@H](CO)C(N)=O)c(F)c2)no1. The number of nitrogens with one attached hydrogen (secondary N) is 1. The summed E-state index contributed by atoms with van der Waals surface area (Å²) in [5.74, 6) is -1.42. The predicted octanol–water partition coefficient (Wildman–Crippen LogP) is 2.79. The molecule has 182 valence electrons. The van der Waals surface area contributed by atoms with Gasteiger partial charge in [-0.25, -0.2) is 4.39 Å². The zero-order chi connectivity index (χ0) is 25.1. The van der Waals surface area contributed by atoms with Crippen molar-refractivity contribution >= 4 is 17.6 Å². The first-order valence-electron chi connectivity index (χ1n) is 11.0. The van der Waals surface area contributed by atoms with E-state index >= 15 is 0 Å². The Labute approximate surface area is 200 Å². The van der Waals surface area contributed by atoms with Gasteiger partial charge in [0, 0.05) is 23.1 Å². The second-order valence-electron chi connectivity index (χ2n) is 8.34. The van der Waals surface area contributed by atoms with Crippen LogP contribution in [0.25, 0.3) is 11.3 Å². The number of aromatic nitrogens is 1. The van der Waals surface area contributed by atoms with Crippen molar-refractivity contribution < 1.29 is 33.1 Å². The number of aliphatic hydroxyl groups is 1. The van der Waals surface area contributed by atoms with Crippen LogP contribution in [0.5, 0.6) is 5.75 Å². The van der Waals surface area contributed by atoms with E-state index in [1.54, 1.807) is 37.3 Å². The van der Waals surface area contributed by atoms with E-state index in [2.05, 4.69) is 10.5 Å². The minimum atomic E-state index is -1.32. The highest BCUT2D eigenvalue weighted by Crippen LogP contribution is 2.33. The topological polar surface area (TPSA) is 145 Å². The maximum absolute atomic E-state index is 14.6. The number of carbonyl (C=O) groups excluding carboxylic acids is 3. The Balaban J connectivity index is 1.42. The monoisotopic (exact) mass is 481 g/mol. The lowest BCUT2D eigenvalue weighted by atomic mass is 10.1. The first kappa shape index (κ1) is 24.1. The maximum Gasteiger partial charge on any atom is 0.254 e. The van der Waals surface area contributed by atoms with E-state index in [9.17, 15) is 18.8 Å². The average molecular weight is 481 g/mol. The van der Waals surface area contributed by atoms with Crippen molar-refractivity contribution in [2.24, 2.45) is 11.7 Å². The molecule has 2 aromatic carbocycles. The highest BCUT2D eigenvalue weighted by Gasteiger charge is 2.30. The van der Waals surface area contributed by atoms with E-state index in [0.717, 1.165) is 18.9 Å². The molecule has 4 N–H and O–H groups in total. The molecule has 1 aromatic heterocycles. The summed E-state index contributed by atoms with van der Waals surface area (Å²) < 4.78 is 25.8. The van der Waals surface area contributed by atoms with Crippen LogP contribution in [0.3, 0.4) is 0 Å². The number of hydrogen-bond donors (Lipinski definition) is 3. The van der Waals surface area contributed by atoms with Gasteiger partial charge in [-0.05, 0) is 56.2 Å². The third-order valence-electron chi connectivity index (χ3n) is 5.67. The van der Waals surface area contributed by atoms with Gasteiger partial charge in [-0.3, -0.25) is 14.4 Å². The predicted molar refractivity (Wildman–Crippen MR) is 122 cm³/mol. The quantitative estimate of drug-likeness (QED) is 0.378. The van der Waals surface area contributed by atoms with E-state index in [-0.39, 0.29) is 17.3 Å². The van der Waals surface area contributed by atoms with Crippen LogP contribution in [0.4, 0.5) is 4.39 Å². The van der Waals surface area contributed by atoms with Crippen molar-refractivity contribution in [3.05, 3.63) is 71.2 Å². The Morgan fingerprint density at radius 1 is 1.20 bits per heavy atom.